The number of aryl methyl sites for hydroxylation is 1. The maximum absolute atomic E-state index is 4.58. The second-order valence-corrected chi connectivity index (χ2v) is 5.95. The number of nitrogens with one attached hydrogen (secondary N) is 1. The summed E-state index contributed by atoms with van der Waals surface area (Å²) in [6.45, 7) is 4.44. The monoisotopic (exact) mass is 297 g/mol. The zero-order valence-electron chi connectivity index (χ0n) is 10.6. The Balaban J connectivity index is 2.14. The molecule has 17 heavy (non-hydrogen) atoms. The van der Waals surface area contributed by atoms with Gasteiger partial charge in [-0.3, -0.25) is 0 Å². The Morgan fingerprint density at radius 2 is 2.06 bits per heavy atom. The molecule has 0 spiro atoms. The van der Waals surface area contributed by atoms with Crippen LogP contribution in [-0.4, -0.2) is 15.5 Å². The summed E-state index contributed by atoms with van der Waals surface area (Å²) in [5, 5.41) is 3.58. The summed E-state index contributed by atoms with van der Waals surface area (Å²) in [6, 6.07) is 1.97. The summed E-state index contributed by atoms with van der Waals surface area (Å²) in [5.41, 5.74) is 0.220. The van der Waals surface area contributed by atoms with E-state index in [1.54, 1.807) is 0 Å². The molecule has 2 rings (SSSR count). The Hall–Kier alpha value is -0.640. The normalized spacial score (nSPS) is 18.3. The van der Waals surface area contributed by atoms with Crippen molar-refractivity contribution in [2.45, 2.75) is 57.9 Å². The lowest BCUT2D eigenvalue weighted by molar-refractivity contribution is 0.530. The van der Waals surface area contributed by atoms with Crippen LogP contribution >= 0.6 is 15.9 Å². The zero-order chi connectivity index (χ0) is 12.3. The molecule has 1 aromatic rings. The third kappa shape index (κ3) is 3.41. The lowest BCUT2D eigenvalue weighted by atomic mass is 10.0. The van der Waals surface area contributed by atoms with E-state index >= 15 is 0 Å². The van der Waals surface area contributed by atoms with Gasteiger partial charge in [-0.15, -0.1) is 0 Å². The molecule has 3 nitrogen and oxygen atoms in total. The molecule has 0 bridgehead atoms. The number of halogens is 1. The Labute approximate surface area is 112 Å². The molecule has 0 radical (unpaired) electrons. The van der Waals surface area contributed by atoms with E-state index < -0.39 is 0 Å². The minimum absolute atomic E-state index is 0.220. The Morgan fingerprint density at radius 1 is 1.35 bits per heavy atom. The van der Waals surface area contributed by atoms with E-state index in [0.717, 1.165) is 29.1 Å². The predicted molar refractivity (Wildman–Crippen MR) is 74.2 cm³/mol. The van der Waals surface area contributed by atoms with Crippen LogP contribution in [0.5, 0.6) is 0 Å². The van der Waals surface area contributed by atoms with Gasteiger partial charge in [-0.25, -0.2) is 9.97 Å². The van der Waals surface area contributed by atoms with E-state index in [2.05, 4.69) is 45.1 Å². The molecule has 1 aromatic heterocycles. The molecular weight excluding hydrogens is 278 g/mol. The highest BCUT2D eigenvalue weighted by Crippen LogP contribution is 2.32. The molecule has 1 aliphatic carbocycles. The fourth-order valence-electron chi connectivity index (χ4n) is 2.45. The van der Waals surface area contributed by atoms with E-state index in [0.29, 0.717) is 0 Å². The number of nitrogens with zero attached hydrogens (tertiary/aromatic N) is 2. The topological polar surface area (TPSA) is 37.8 Å². The van der Waals surface area contributed by atoms with Gasteiger partial charge < -0.3 is 5.32 Å². The summed E-state index contributed by atoms with van der Waals surface area (Å²) in [4.78, 5) is 8.97. The molecule has 0 unspecified atom stereocenters. The van der Waals surface area contributed by atoms with Gasteiger partial charge in [0.1, 0.15) is 16.2 Å². The maximum Gasteiger partial charge on any atom is 0.132 e. The average molecular weight is 298 g/mol. The van der Waals surface area contributed by atoms with E-state index in [1.807, 2.05) is 6.07 Å². The SMILES string of the molecule is CCCc1nc(Br)cc(NC2(C)CCCC2)n1. The molecule has 94 valence electrons. The van der Waals surface area contributed by atoms with Gasteiger partial charge in [-0.1, -0.05) is 19.8 Å². The number of rotatable bonds is 4. The van der Waals surface area contributed by atoms with Crippen LogP contribution in [0.4, 0.5) is 5.82 Å². The summed E-state index contributed by atoms with van der Waals surface area (Å²) in [7, 11) is 0. The van der Waals surface area contributed by atoms with Crippen LogP contribution in [-0.2, 0) is 6.42 Å². The van der Waals surface area contributed by atoms with Crippen LogP contribution in [0, 0.1) is 0 Å². The minimum atomic E-state index is 0.220. The van der Waals surface area contributed by atoms with Gasteiger partial charge in [-0.2, -0.15) is 0 Å². The highest BCUT2D eigenvalue weighted by atomic mass is 79.9. The van der Waals surface area contributed by atoms with Crippen LogP contribution in [0.3, 0.4) is 0 Å². The van der Waals surface area contributed by atoms with Crippen molar-refractivity contribution in [3.63, 3.8) is 0 Å². The molecular formula is C13H20BrN3. The van der Waals surface area contributed by atoms with Gasteiger partial charge in [-0.05, 0) is 42.1 Å². The van der Waals surface area contributed by atoms with Crippen molar-refractivity contribution >= 4 is 21.7 Å². The molecule has 0 aromatic carbocycles. The molecule has 4 heteroatoms. The lowest BCUT2D eigenvalue weighted by Crippen LogP contribution is -2.31. The fraction of sp³-hybridized carbons (Fsp3) is 0.692. The molecule has 1 saturated carbocycles. The number of aromatic nitrogens is 2. The van der Waals surface area contributed by atoms with Crippen LogP contribution < -0.4 is 5.32 Å². The fourth-order valence-corrected chi connectivity index (χ4v) is 2.88. The molecule has 0 amide bonds. The molecule has 1 aliphatic rings. The van der Waals surface area contributed by atoms with Crippen molar-refractivity contribution in [1.29, 1.82) is 0 Å². The van der Waals surface area contributed by atoms with Crippen molar-refractivity contribution in [1.82, 2.24) is 9.97 Å². The smallest absolute Gasteiger partial charge is 0.132 e. The van der Waals surface area contributed by atoms with Gasteiger partial charge in [0.15, 0.2) is 0 Å². The van der Waals surface area contributed by atoms with Gasteiger partial charge in [0, 0.05) is 18.0 Å². The van der Waals surface area contributed by atoms with E-state index in [9.17, 15) is 0 Å². The Kier molecular flexibility index (Phi) is 4.02. The van der Waals surface area contributed by atoms with Gasteiger partial charge in [0.25, 0.3) is 0 Å². The minimum Gasteiger partial charge on any atom is -0.365 e. The first-order valence-electron chi connectivity index (χ1n) is 6.43. The highest BCUT2D eigenvalue weighted by molar-refractivity contribution is 9.10. The number of anilines is 1. The standard InChI is InChI=1S/C13H20BrN3/c1-3-6-11-15-10(14)9-12(16-11)17-13(2)7-4-5-8-13/h9H,3-8H2,1-2H3,(H,15,16,17). The third-order valence-corrected chi connectivity index (χ3v) is 3.76. The zero-order valence-corrected chi connectivity index (χ0v) is 12.2. The largest absolute Gasteiger partial charge is 0.365 e. The van der Waals surface area contributed by atoms with E-state index in [-0.39, 0.29) is 5.54 Å². The molecule has 1 N–H and O–H groups in total. The van der Waals surface area contributed by atoms with Crippen molar-refractivity contribution in [2.24, 2.45) is 0 Å². The van der Waals surface area contributed by atoms with E-state index in [1.165, 1.54) is 25.7 Å². The first kappa shape index (κ1) is 12.8. The van der Waals surface area contributed by atoms with Gasteiger partial charge >= 0.3 is 0 Å². The van der Waals surface area contributed by atoms with Crippen molar-refractivity contribution in [3.8, 4) is 0 Å². The van der Waals surface area contributed by atoms with Crippen molar-refractivity contribution in [2.75, 3.05) is 5.32 Å². The summed E-state index contributed by atoms with van der Waals surface area (Å²) >= 11 is 3.46. The average Bonchev–Trinajstić information content (AvgIpc) is 2.64. The molecule has 0 aliphatic heterocycles. The van der Waals surface area contributed by atoms with Crippen LogP contribution in [0.25, 0.3) is 0 Å². The second kappa shape index (κ2) is 5.34. The number of hydrogen-bond acceptors (Lipinski definition) is 3. The molecule has 0 atom stereocenters. The second-order valence-electron chi connectivity index (χ2n) is 5.13. The van der Waals surface area contributed by atoms with Gasteiger partial charge in [0.2, 0.25) is 0 Å². The summed E-state index contributed by atoms with van der Waals surface area (Å²) < 4.78 is 0.875. The van der Waals surface area contributed by atoms with Crippen molar-refractivity contribution in [3.05, 3.63) is 16.5 Å². The molecule has 1 fully saturated rings. The predicted octanol–water partition coefficient (Wildman–Crippen LogP) is 3.94. The van der Waals surface area contributed by atoms with Crippen molar-refractivity contribution < 1.29 is 0 Å². The first-order valence-corrected chi connectivity index (χ1v) is 7.22. The Morgan fingerprint density at radius 3 is 2.71 bits per heavy atom. The van der Waals surface area contributed by atoms with Crippen LogP contribution in [0.2, 0.25) is 0 Å². The van der Waals surface area contributed by atoms with Gasteiger partial charge in [0.05, 0.1) is 0 Å². The van der Waals surface area contributed by atoms with Crippen LogP contribution in [0.15, 0.2) is 10.7 Å². The highest BCUT2D eigenvalue weighted by Gasteiger charge is 2.28. The summed E-state index contributed by atoms with van der Waals surface area (Å²) in [5.74, 6) is 1.88. The molecule has 1 heterocycles. The van der Waals surface area contributed by atoms with E-state index in [4.69, 9.17) is 0 Å². The summed E-state index contributed by atoms with van der Waals surface area (Å²) in [6.07, 6.45) is 7.11. The third-order valence-electron chi connectivity index (χ3n) is 3.35. The number of hydrogen-bond donors (Lipinski definition) is 1. The maximum atomic E-state index is 4.58. The lowest BCUT2D eigenvalue weighted by Gasteiger charge is -2.26. The first-order chi connectivity index (χ1) is 8.11. The Bertz CT molecular complexity index is 386. The van der Waals surface area contributed by atoms with Crippen LogP contribution in [0.1, 0.15) is 51.8 Å². The quantitative estimate of drug-likeness (QED) is 0.856. The molecule has 0 saturated heterocycles.